The van der Waals surface area contributed by atoms with E-state index in [9.17, 15) is 14.9 Å². The van der Waals surface area contributed by atoms with Gasteiger partial charge in [0, 0.05) is 25.1 Å². The lowest BCUT2D eigenvalue weighted by Gasteiger charge is -2.34. The number of nitrogens with zero attached hydrogens (tertiary/aromatic N) is 5. The van der Waals surface area contributed by atoms with Gasteiger partial charge in [0.2, 0.25) is 5.89 Å². The van der Waals surface area contributed by atoms with Gasteiger partial charge in [0.05, 0.1) is 22.2 Å². The average Bonchev–Trinajstić information content (AvgIpc) is 3.35. The molecule has 0 N–H and O–H groups in total. The largest absolute Gasteiger partial charge is 0.339 e. The first-order valence-electron chi connectivity index (χ1n) is 9.65. The lowest BCUT2D eigenvalue weighted by molar-refractivity contribution is -0.385. The quantitative estimate of drug-likeness (QED) is 0.587. The van der Waals surface area contributed by atoms with Crippen molar-refractivity contribution < 1.29 is 14.2 Å². The van der Waals surface area contributed by atoms with Gasteiger partial charge in [-0.15, -0.1) is 0 Å². The third-order valence-electron chi connectivity index (χ3n) is 5.40. The van der Waals surface area contributed by atoms with E-state index in [1.807, 2.05) is 13.8 Å². The summed E-state index contributed by atoms with van der Waals surface area (Å²) in [5.41, 5.74) is 1.34. The van der Waals surface area contributed by atoms with Crippen molar-refractivity contribution in [1.82, 2.24) is 15.0 Å². The lowest BCUT2D eigenvalue weighted by atomic mass is 10.00. The average molecular weight is 385 g/mol. The number of carbonyl (C=O) groups is 1. The molecule has 0 unspecified atom stereocenters. The molecule has 148 valence electrons. The van der Waals surface area contributed by atoms with Crippen LogP contribution in [-0.4, -0.2) is 39.1 Å². The minimum absolute atomic E-state index is 0.0766. The van der Waals surface area contributed by atoms with Crippen LogP contribution in [0.25, 0.3) is 0 Å². The van der Waals surface area contributed by atoms with Gasteiger partial charge in [-0.3, -0.25) is 15.0 Å². The second-order valence-electron chi connectivity index (χ2n) is 7.57. The van der Waals surface area contributed by atoms with Gasteiger partial charge in [0.15, 0.2) is 5.82 Å². The zero-order chi connectivity index (χ0) is 19.8. The fourth-order valence-electron chi connectivity index (χ4n) is 4.01. The van der Waals surface area contributed by atoms with Gasteiger partial charge in [-0.05, 0) is 31.7 Å². The SMILES string of the molecule is CC(C)c1nc([C@@H]2CCCN2C(=O)N2CCCc3c2cccc3[N+](=O)[O-])no1. The van der Waals surface area contributed by atoms with Gasteiger partial charge in [-0.25, -0.2) is 4.79 Å². The maximum Gasteiger partial charge on any atom is 0.325 e. The van der Waals surface area contributed by atoms with E-state index < -0.39 is 0 Å². The standard InChI is InChI=1S/C19H23N5O4/c1-12(2)18-20-17(21-28-18)16-9-5-11-23(16)19(25)22-10-4-6-13-14(22)7-3-8-15(13)24(26)27/h3,7-8,12,16H,4-6,9-11H2,1-2H3/t16-/m0/s1. The van der Waals surface area contributed by atoms with Crippen molar-refractivity contribution in [3.8, 4) is 0 Å². The fraction of sp³-hybridized carbons (Fsp3) is 0.526. The van der Waals surface area contributed by atoms with Crippen molar-refractivity contribution in [2.75, 3.05) is 18.0 Å². The van der Waals surface area contributed by atoms with Crippen molar-refractivity contribution in [3.63, 3.8) is 0 Å². The Morgan fingerprint density at radius 1 is 1.32 bits per heavy atom. The third kappa shape index (κ3) is 3.10. The number of hydrogen-bond acceptors (Lipinski definition) is 6. The van der Waals surface area contributed by atoms with Crippen LogP contribution in [-0.2, 0) is 6.42 Å². The van der Waals surface area contributed by atoms with Crippen LogP contribution in [0.15, 0.2) is 22.7 Å². The van der Waals surface area contributed by atoms with E-state index in [1.165, 1.54) is 6.07 Å². The summed E-state index contributed by atoms with van der Waals surface area (Å²) in [4.78, 5) is 32.3. The summed E-state index contributed by atoms with van der Waals surface area (Å²) in [5, 5.41) is 15.5. The second-order valence-corrected chi connectivity index (χ2v) is 7.57. The lowest BCUT2D eigenvalue weighted by Crippen LogP contribution is -2.45. The van der Waals surface area contributed by atoms with Crippen molar-refractivity contribution in [3.05, 3.63) is 45.6 Å². The summed E-state index contributed by atoms with van der Waals surface area (Å²) in [6.45, 7) is 5.11. The summed E-state index contributed by atoms with van der Waals surface area (Å²) in [7, 11) is 0. The van der Waals surface area contributed by atoms with Gasteiger partial charge in [-0.2, -0.15) is 4.98 Å². The smallest absolute Gasteiger partial charge is 0.325 e. The van der Waals surface area contributed by atoms with E-state index in [2.05, 4.69) is 10.1 Å². The molecule has 3 heterocycles. The number of hydrogen-bond donors (Lipinski definition) is 0. The number of nitro groups is 1. The Bertz CT molecular complexity index is 909. The number of urea groups is 1. The Morgan fingerprint density at radius 2 is 2.14 bits per heavy atom. The van der Waals surface area contributed by atoms with Crippen LogP contribution < -0.4 is 4.90 Å². The number of nitro benzene ring substituents is 1. The van der Waals surface area contributed by atoms with Gasteiger partial charge in [0.1, 0.15) is 0 Å². The zero-order valence-corrected chi connectivity index (χ0v) is 16.0. The van der Waals surface area contributed by atoms with Crippen LogP contribution >= 0.6 is 0 Å². The number of fused-ring (bicyclic) bond motifs is 1. The molecular formula is C19H23N5O4. The van der Waals surface area contributed by atoms with Gasteiger partial charge in [0.25, 0.3) is 5.69 Å². The molecule has 2 aliphatic rings. The van der Waals surface area contributed by atoms with E-state index in [-0.39, 0.29) is 28.6 Å². The Kier molecular flexibility index (Phi) is 4.74. The molecular weight excluding hydrogens is 362 g/mol. The van der Waals surface area contributed by atoms with Crippen LogP contribution in [0, 0.1) is 10.1 Å². The molecule has 2 amide bonds. The van der Waals surface area contributed by atoms with Crippen molar-refractivity contribution in [2.24, 2.45) is 0 Å². The molecule has 2 aliphatic heterocycles. The second kappa shape index (κ2) is 7.21. The maximum absolute atomic E-state index is 13.4. The number of rotatable bonds is 3. The number of likely N-dealkylation sites (tertiary alicyclic amines) is 1. The van der Waals surface area contributed by atoms with Crippen molar-refractivity contribution >= 4 is 17.4 Å². The molecule has 1 saturated heterocycles. The minimum Gasteiger partial charge on any atom is -0.339 e. The maximum atomic E-state index is 13.4. The molecule has 0 spiro atoms. The first-order chi connectivity index (χ1) is 13.5. The molecule has 9 nitrogen and oxygen atoms in total. The highest BCUT2D eigenvalue weighted by Crippen LogP contribution is 2.37. The molecule has 0 saturated carbocycles. The molecule has 1 fully saturated rings. The molecule has 1 atom stereocenters. The molecule has 9 heteroatoms. The van der Waals surface area contributed by atoms with E-state index >= 15 is 0 Å². The summed E-state index contributed by atoms with van der Waals surface area (Å²) in [5.74, 6) is 1.22. The van der Waals surface area contributed by atoms with Crippen LogP contribution in [0.2, 0.25) is 0 Å². The van der Waals surface area contributed by atoms with Crippen LogP contribution in [0.4, 0.5) is 16.2 Å². The summed E-state index contributed by atoms with van der Waals surface area (Å²) < 4.78 is 5.32. The van der Waals surface area contributed by atoms with Crippen LogP contribution in [0.5, 0.6) is 0 Å². The number of amides is 2. The minimum atomic E-state index is -0.377. The summed E-state index contributed by atoms with van der Waals surface area (Å²) in [6.07, 6.45) is 2.93. The van der Waals surface area contributed by atoms with Gasteiger partial charge < -0.3 is 9.42 Å². The molecule has 0 bridgehead atoms. The highest BCUT2D eigenvalue weighted by molar-refractivity contribution is 5.94. The van der Waals surface area contributed by atoms with Gasteiger partial charge >= 0.3 is 6.03 Å². The van der Waals surface area contributed by atoms with E-state index in [4.69, 9.17) is 4.52 Å². The van der Waals surface area contributed by atoms with Crippen molar-refractivity contribution in [2.45, 2.75) is 51.5 Å². The third-order valence-corrected chi connectivity index (χ3v) is 5.40. The molecule has 1 aromatic carbocycles. The molecule has 2 aromatic rings. The Morgan fingerprint density at radius 3 is 2.86 bits per heavy atom. The highest BCUT2D eigenvalue weighted by atomic mass is 16.6. The molecule has 0 aliphatic carbocycles. The number of carbonyl (C=O) groups excluding carboxylic acids is 1. The Hall–Kier alpha value is -2.97. The first-order valence-corrected chi connectivity index (χ1v) is 9.65. The monoisotopic (exact) mass is 385 g/mol. The van der Waals surface area contributed by atoms with Gasteiger partial charge in [-0.1, -0.05) is 25.1 Å². The van der Waals surface area contributed by atoms with E-state index in [0.717, 1.165) is 12.8 Å². The summed E-state index contributed by atoms with van der Waals surface area (Å²) >= 11 is 0. The molecule has 0 radical (unpaired) electrons. The Labute approximate surface area is 162 Å². The zero-order valence-electron chi connectivity index (χ0n) is 16.0. The van der Waals surface area contributed by atoms with E-state index in [0.29, 0.717) is 48.9 Å². The van der Waals surface area contributed by atoms with Crippen LogP contribution in [0.1, 0.15) is 62.3 Å². The predicted octanol–water partition coefficient (Wildman–Crippen LogP) is 3.81. The number of benzene rings is 1. The predicted molar refractivity (Wildman–Crippen MR) is 101 cm³/mol. The number of anilines is 1. The molecule has 4 rings (SSSR count). The molecule has 1 aromatic heterocycles. The highest BCUT2D eigenvalue weighted by Gasteiger charge is 2.38. The number of aromatic nitrogens is 2. The van der Waals surface area contributed by atoms with Crippen LogP contribution in [0.3, 0.4) is 0 Å². The summed E-state index contributed by atoms with van der Waals surface area (Å²) in [6, 6.07) is 4.54. The Balaban J connectivity index is 1.63. The normalized spacial score (nSPS) is 19.2. The topological polar surface area (TPSA) is 106 Å². The molecule has 28 heavy (non-hydrogen) atoms. The van der Waals surface area contributed by atoms with E-state index in [1.54, 1.807) is 21.9 Å². The van der Waals surface area contributed by atoms with Crippen molar-refractivity contribution in [1.29, 1.82) is 0 Å². The fourth-order valence-corrected chi connectivity index (χ4v) is 4.01. The first kappa shape index (κ1) is 18.4.